The molecule has 1 saturated carbocycles. The van der Waals surface area contributed by atoms with Gasteiger partial charge in [-0.2, -0.15) is 0 Å². The molecular weight excluding hydrogens is 164 g/mol. The molecule has 13 heavy (non-hydrogen) atoms. The van der Waals surface area contributed by atoms with Crippen LogP contribution in [0.2, 0.25) is 0 Å². The molecule has 70 valence electrons. The number of hydrogen-bond acceptors (Lipinski definition) is 1. The van der Waals surface area contributed by atoms with Crippen LogP contribution in [0, 0.1) is 12.8 Å². The van der Waals surface area contributed by atoms with Crippen LogP contribution in [0.1, 0.15) is 28.9 Å². The second-order valence-corrected chi connectivity index (χ2v) is 3.67. The van der Waals surface area contributed by atoms with Crippen molar-refractivity contribution in [1.82, 2.24) is 10.3 Å². The smallest absolute Gasteiger partial charge is 0.253 e. The van der Waals surface area contributed by atoms with Gasteiger partial charge in [-0.1, -0.05) is 0 Å². The fourth-order valence-corrected chi connectivity index (χ4v) is 1.35. The van der Waals surface area contributed by atoms with Gasteiger partial charge in [0.25, 0.3) is 5.91 Å². The SMILES string of the molecule is Cc1[nH]ccc1C(=O)NCC1CC1. The first-order valence-corrected chi connectivity index (χ1v) is 4.69. The highest BCUT2D eigenvalue weighted by Crippen LogP contribution is 2.27. The third kappa shape index (κ3) is 1.91. The molecule has 0 unspecified atom stereocenters. The second-order valence-electron chi connectivity index (χ2n) is 3.67. The first kappa shape index (κ1) is 8.35. The summed E-state index contributed by atoms with van der Waals surface area (Å²) in [5, 5.41) is 2.93. The topological polar surface area (TPSA) is 44.9 Å². The van der Waals surface area contributed by atoms with Gasteiger partial charge in [0, 0.05) is 18.4 Å². The Labute approximate surface area is 77.5 Å². The average molecular weight is 178 g/mol. The number of hydrogen-bond donors (Lipinski definition) is 2. The molecule has 1 amide bonds. The molecule has 1 aliphatic carbocycles. The Kier molecular flexibility index (Phi) is 2.08. The number of aryl methyl sites for hydroxylation is 1. The van der Waals surface area contributed by atoms with E-state index in [9.17, 15) is 4.79 Å². The van der Waals surface area contributed by atoms with E-state index in [0.29, 0.717) is 0 Å². The van der Waals surface area contributed by atoms with E-state index in [2.05, 4.69) is 10.3 Å². The number of amides is 1. The molecule has 1 heterocycles. The lowest BCUT2D eigenvalue weighted by molar-refractivity contribution is 0.0951. The summed E-state index contributed by atoms with van der Waals surface area (Å²) in [5.41, 5.74) is 1.70. The molecular formula is C10H14N2O. The molecule has 3 heteroatoms. The largest absolute Gasteiger partial charge is 0.365 e. The fraction of sp³-hybridized carbons (Fsp3) is 0.500. The number of carbonyl (C=O) groups is 1. The van der Waals surface area contributed by atoms with Crippen molar-refractivity contribution in [1.29, 1.82) is 0 Å². The van der Waals surface area contributed by atoms with Crippen molar-refractivity contribution >= 4 is 5.91 Å². The van der Waals surface area contributed by atoms with Gasteiger partial charge in [0.2, 0.25) is 0 Å². The van der Waals surface area contributed by atoms with Gasteiger partial charge in [0.15, 0.2) is 0 Å². The van der Waals surface area contributed by atoms with Crippen LogP contribution in [0.15, 0.2) is 12.3 Å². The van der Waals surface area contributed by atoms with Gasteiger partial charge in [-0.3, -0.25) is 4.79 Å². The molecule has 0 aliphatic heterocycles. The molecule has 1 fully saturated rings. The molecule has 0 spiro atoms. The normalized spacial score (nSPS) is 15.8. The van der Waals surface area contributed by atoms with Crippen LogP contribution in [0.5, 0.6) is 0 Å². The van der Waals surface area contributed by atoms with Gasteiger partial charge in [0.1, 0.15) is 0 Å². The summed E-state index contributed by atoms with van der Waals surface area (Å²) in [7, 11) is 0. The number of H-pyrrole nitrogens is 1. The predicted octanol–water partition coefficient (Wildman–Crippen LogP) is 1.46. The predicted molar refractivity (Wildman–Crippen MR) is 50.6 cm³/mol. The highest BCUT2D eigenvalue weighted by atomic mass is 16.1. The summed E-state index contributed by atoms with van der Waals surface area (Å²) in [4.78, 5) is 14.5. The number of carbonyl (C=O) groups excluding carboxylic acids is 1. The van der Waals surface area contributed by atoms with Crippen LogP contribution < -0.4 is 5.32 Å². The minimum Gasteiger partial charge on any atom is -0.365 e. The van der Waals surface area contributed by atoms with E-state index in [1.165, 1.54) is 12.8 Å². The van der Waals surface area contributed by atoms with Crippen molar-refractivity contribution in [3.63, 3.8) is 0 Å². The molecule has 0 aromatic carbocycles. The van der Waals surface area contributed by atoms with E-state index < -0.39 is 0 Å². The zero-order valence-electron chi connectivity index (χ0n) is 7.76. The molecule has 2 rings (SSSR count). The van der Waals surface area contributed by atoms with E-state index in [4.69, 9.17) is 0 Å². The molecule has 2 N–H and O–H groups in total. The standard InChI is InChI=1S/C10H14N2O/c1-7-9(4-5-11-7)10(13)12-6-8-2-3-8/h4-5,8,11H,2-3,6H2,1H3,(H,12,13). The quantitative estimate of drug-likeness (QED) is 0.723. The van der Waals surface area contributed by atoms with Gasteiger partial charge in [-0.05, 0) is 31.7 Å². The van der Waals surface area contributed by atoms with Gasteiger partial charge in [-0.25, -0.2) is 0 Å². The zero-order chi connectivity index (χ0) is 9.26. The Morgan fingerprint density at radius 1 is 1.69 bits per heavy atom. The Morgan fingerprint density at radius 2 is 2.46 bits per heavy atom. The summed E-state index contributed by atoms with van der Waals surface area (Å²) in [5.74, 6) is 0.786. The molecule has 0 bridgehead atoms. The second kappa shape index (κ2) is 3.24. The first-order chi connectivity index (χ1) is 6.27. The molecule has 1 aromatic rings. The van der Waals surface area contributed by atoms with E-state index in [1.54, 1.807) is 6.20 Å². The summed E-state index contributed by atoms with van der Waals surface area (Å²) in [6, 6.07) is 1.82. The fourth-order valence-electron chi connectivity index (χ4n) is 1.35. The van der Waals surface area contributed by atoms with E-state index >= 15 is 0 Å². The minimum absolute atomic E-state index is 0.0469. The van der Waals surface area contributed by atoms with Crippen LogP contribution >= 0.6 is 0 Å². The Bertz CT molecular complexity index is 312. The zero-order valence-corrected chi connectivity index (χ0v) is 7.76. The Hall–Kier alpha value is -1.25. The van der Waals surface area contributed by atoms with Crippen LogP contribution in [0.4, 0.5) is 0 Å². The number of aromatic nitrogens is 1. The molecule has 0 radical (unpaired) electrons. The van der Waals surface area contributed by atoms with Crippen molar-refractivity contribution in [3.8, 4) is 0 Å². The van der Waals surface area contributed by atoms with Crippen molar-refractivity contribution in [2.45, 2.75) is 19.8 Å². The third-order valence-corrected chi connectivity index (χ3v) is 2.45. The lowest BCUT2D eigenvalue weighted by Crippen LogP contribution is -2.25. The summed E-state index contributed by atoms with van der Waals surface area (Å²) in [6.07, 6.45) is 4.33. The Balaban J connectivity index is 1.92. The van der Waals surface area contributed by atoms with Crippen LogP contribution in [-0.4, -0.2) is 17.4 Å². The lowest BCUT2D eigenvalue weighted by atomic mass is 10.2. The number of aromatic amines is 1. The molecule has 1 aliphatic rings. The highest BCUT2D eigenvalue weighted by Gasteiger charge is 2.22. The van der Waals surface area contributed by atoms with Gasteiger partial charge in [0.05, 0.1) is 5.56 Å². The summed E-state index contributed by atoms with van der Waals surface area (Å²) < 4.78 is 0. The molecule has 1 aromatic heterocycles. The van der Waals surface area contributed by atoms with Gasteiger partial charge in [-0.15, -0.1) is 0 Å². The van der Waals surface area contributed by atoms with E-state index in [-0.39, 0.29) is 5.91 Å². The third-order valence-electron chi connectivity index (χ3n) is 2.45. The van der Waals surface area contributed by atoms with Crippen molar-refractivity contribution < 1.29 is 4.79 Å². The molecule has 0 atom stereocenters. The highest BCUT2D eigenvalue weighted by molar-refractivity contribution is 5.95. The number of rotatable bonds is 3. The average Bonchev–Trinajstić information content (AvgIpc) is 2.84. The van der Waals surface area contributed by atoms with Crippen molar-refractivity contribution in [2.75, 3.05) is 6.54 Å². The van der Waals surface area contributed by atoms with Crippen LogP contribution in [0.3, 0.4) is 0 Å². The van der Waals surface area contributed by atoms with Gasteiger partial charge >= 0.3 is 0 Å². The monoisotopic (exact) mass is 178 g/mol. The molecule has 3 nitrogen and oxygen atoms in total. The Morgan fingerprint density at radius 3 is 3.00 bits per heavy atom. The number of nitrogens with one attached hydrogen (secondary N) is 2. The van der Waals surface area contributed by atoms with Crippen LogP contribution in [0.25, 0.3) is 0 Å². The molecule has 0 saturated heterocycles. The van der Waals surface area contributed by atoms with Crippen LogP contribution in [-0.2, 0) is 0 Å². The maximum Gasteiger partial charge on any atom is 0.253 e. The van der Waals surface area contributed by atoms with Gasteiger partial charge < -0.3 is 10.3 Å². The lowest BCUT2D eigenvalue weighted by Gasteiger charge is -2.02. The maximum absolute atomic E-state index is 11.5. The minimum atomic E-state index is 0.0469. The maximum atomic E-state index is 11.5. The summed E-state index contributed by atoms with van der Waals surface area (Å²) in [6.45, 7) is 2.75. The van der Waals surface area contributed by atoms with E-state index in [0.717, 1.165) is 23.7 Å². The van der Waals surface area contributed by atoms with E-state index in [1.807, 2.05) is 13.0 Å². The van der Waals surface area contributed by atoms with Crippen molar-refractivity contribution in [2.24, 2.45) is 5.92 Å². The first-order valence-electron chi connectivity index (χ1n) is 4.69. The summed E-state index contributed by atoms with van der Waals surface area (Å²) >= 11 is 0. The van der Waals surface area contributed by atoms with Crippen molar-refractivity contribution in [3.05, 3.63) is 23.5 Å².